The normalized spacial score (nSPS) is 20.1. The van der Waals surface area contributed by atoms with Crippen molar-refractivity contribution >= 4 is 15.9 Å². The van der Waals surface area contributed by atoms with Crippen molar-refractivity contribution in [3.05, 3.63) is 35.9 Å². The van der Waals surface area contributed by atoms with Crippen LogP contribution in [0.2, 0.25) is 0 Å². The summed E-state index contributed by atoms with van der Waals surface area (Å²) < 4.78 is 26.9. The summed E-state index contributed by atoms with van der Waals surface area (Å²) in [7, 11) is -3.31. The van der Waals surface area contributed by atoms with Gasteiger partial charge in [-0.3, -0.25) is 4.79 Å². The van der Waals surface area contributed by atoms with Crippen LogP contribution in [0.4, 0.5) is 0 Å². The first-order chi connectivity index (χ1) is 12.3. The molecule has 1 amide bonds. The fourth-order valence-electron chi connectivity index (χ4n) is 3.15. The smallest absolute Gasteiger partial charge is 0.224 e. The van der Waals surface area contributed by atoms with E-state index in [4.69, 9.17) is 0 Å². The van der Waals surface area contributed by atoms with Crippen molar-refractivity contribution in [2.24, 2.45) is 11.8 Å². The zero-order valence-corrected chi connectivity index (χ0v) is 17.0. The van der Waals surface area contributed by atoms with E-state index in [1.165, 1.54) is 4.31 Å². The van der Waals surface area contributed by atoms with Gasteiger partial charge in [-0.25, -0.2) is 12.7 Å². The molecule has 1 saturated heterocycles. The molecular formula is C20H32N2O3S. The number of sulfonamides is 1. The lowest BCUT2D eigenvalue weighted by molar-refractivity contribution is -0.127. The number of nitrogens with one attached hydrogen (secondary N) is 1. The Balaban J connectivity index is 1.87. The summed E-state index contributed by atoms with van der Waals surface area (Å²) in [4.78, 5) is 12.5. The van der Waals surface area contributed by atoms with Gasteiger partial charge in [-0.05, 0) is 44.1 Å². The van der Waals surface area contributed by atoms with Crippen LogP contribution in [0.1, 0.15) is 45.6 Å². The highest BCUT2D eigenvalue weighted by Gasteiger charge is 2.32. The van der Waals surface area contributed by atoms with Gasteiger partial charge in [-0.1, -0.05) is 44.2 Å². The zero-order valence-electron chi connectivity index (χ0n) is 16.1. The summed E-state index contributed by atoms with van der Waals surface area (Å²) in [5.74, 6) is 0.239. The third-order valence-corrected chi connectivity index (χ3v) is 7.15. The summed E-state index contributed by atoms with van der Waals surface area (Å²) in [5.41, 5.74) is 1.15. The summed E-state index contributed by atoms with van der Waals surface area (Å²) in [5, 5.41) is 3.03. The lowest BCUT2D eigenvalue weighted by Crippen LogP contribution is -2.48. The van der Waals surface area contributed by atoms with Crippen molar-refractivity contribution in [3.8, 4) is 0 Å². The standard InChI is InChI=1S/C20H32N2O3S/c1-16(2)17(3)21-20(23)19-12-7-13-22(15-19)26(24,25)14-8-11-18-9-5-4-6-10-18/h4-6,9-10,16-17,19H,7-8,11-15H2,1-3H3,(H,21,23)/t17-,19+/m1/s1. The molecule has 0 aliphatic carbocycles. The Labute approximate surface area is 158 Å². The maximum Gasteiger partial charge on any atom is 0.224 e. The molecule has 146 valence electrons. The second-order valence-corrected chi connectivity index (χ2v) is 9.73. The highest BCUT2D eigenvalue weighted by atomic mass is 32.2. The molecule has 0 radical (unpaired) electrons. The molecule has 1 aromatic rings. The van der Waals surface area contributed by atoms with Crippen LogP contribution in [-0.2, 0) is 21.2 Å². The van der Waals surface area contributed by atoms with Crippen LogP contribution in [0, 0.1) is 11.8 Å². The third kappa shape index (κ3) is 6.09. The summed E-state index contributed by atoms with van der Waals surface area (Å²) in [6.07, 6.45) is 2.85. The van der Waals surface area contributed by atoms with E-state index in [1.807, 2.05) is 37.3 Å². The van der Waals surface area contributed by atoms with E-state index >= 15 is 0 Å². The van der Waals surface area contributed by atoms with Crippen molar-refractivity contribution in [2.45, 2.75) is 52.5 Å². The van der Waals surface area contributed by atoms with Gasteiger partial charge in [0.2, 0.25) is 15.9 Å². The Morgan fingerprint density at radius 3 is 2.58 bits per heavy atom. The molecule has 0 unspecified atom stereocenters. The van der Waals surface area contributed by atoms with Crippen molar-refractivity contribution in [1.29, 1.82) is 0 Å². The number of amides is 1. The highest BCUT2D eigenvalue weighted by Crippen LogP contribution is 2.21. The van der Waals surface area contributed by atoms with E-state index in [0.717, 1.165) is 24.8 Å². The molecule has 0 spiro atoms. The molecule has 1 aromatic carbocycles. The highest BCUT2D eigenvalue weighted by molar-refractivity contribution is 7.89. The van der Waals surface area contributed by atoms with Crippen molar-refractivity contribution in [3.63, 3.8) is 0 Å². The molecular weight excluding hydrogens is 348 g/mol. The zero-order chi connectivity index (χ0) is 19.2. The number of carbonyl (C=O) groups excluding carboxylic acids is 1. The molecule has 1 heterocycles. The second-order valence-electron chi connectivity index (χ2n) is 7.64. The number of aryl methyl sites for hydroxylation is 1. The van der Waals surface area contributed by atoms with Gasteiger partial charge in [0.1, 0.15) is 0 Å². The summed E-state index contributed by atoms with van der Waals surface area (Å²) in [6, 6.07) is 10.0. The Hall–Kier alpha value is -1.40. The Morgan fingerprint density at radius 2 is 1.92 bits per heavy atom. The number of carbonyl (C=O) groups is 1. The molecule has 2 atom stereocenters. The number of piperidine rings is 1. The van der Waals surface area contributed by atoms with Gasteiger partial charge in [0.15, 0.2) is 0 Å². The first-order valence-corrected chi connectivity index (χ1v) is 11.2. The first kappa shape index (κ1) is 20.9. The molecule has 1 N–H and O–H groups in total. The van der Waals surface area contributed by atoms with Crippen LogP contribution in [0.25, 0.3) is 0 Å². The topological polar surface area (TPSA) is 66.5 Å². The second kappa shape index (κ2) is 9.51. The molecule has 26 heavy (non-hydrogen) atoms. The molecule has 2 rings (SSSR count). The van der Waals surface area contributed by atoms with Gasteiger partial charge in [0, 0.05) is 19.1 Å². The molecule has 5 nitrogen and oxygen atoms in total. The predicted octanol–water partition coefficient (Wildman–Crippen LogP) is 2.82. The van der Waals surface area contributed by atoms with E-state index in [9.17, 15) is 13.2 Å². The average Bonchev–Trinajstić information content (AvgIpc) is 2.62. The van der Waals surface area contributed by atoms with Crippen LogP contribution in [0.5, 0.6) is 0 Å². The maximum absolute atomic E-state index is 12.7. The Kier molecular flexibility index (Phi) is 7.65. The van der Waals surface area contributed by atoms with E-state index in [1.54, 1.807) is 0 Å². The SMILES string of the molecule is CC(C)[C@@H](C)NC(=O)[C@H]1CCCN(S(=O)(=O)CCCc2ccccc2)C1. The third-order valence-electron chi connectivity index (χ3n) is 5.23. The van der Waals surface area contributed by atoms with Crippen molar-refractivity contribution in [1.82, 2.24) is 9.62 Å². The molecule has 0 bridgehead atoms. The van der Waals surface area contributed by atoms with Crippen LogP contribution < -0.4 is 5.32 Å². The number of hydrogen-bond acceptors (Lipinski definition) is 3. The van der Waals surface area contributed by atoms with Gasteiger partial charge in [0.05, 0.1) is 11.7 Å². The minimum absolute atomic E-state index is 0.0182. The molecule has 1 aliphatic heterocycles. The minimum Gasteiger partial charge on any atom is -0.353 e. The van der Waals surface area contributed by atoms with Gasteiger partial charge in [-0.15, -0.1) is 0 Å². The largest absolute Gasteiger partial charge is 0.353 e. The molecule has 6 heteroatoms. The van der Waals surface area contributed by atoms with E-state index in [2.05, 4.69) is 19.2 Å². The van der Waals surface area contributed by atoms with Gasteiger partial charge in [-0.2, -0.15) is 0 Å². The van der Waals surface area contributed by atoms with Crippen LogP contribution in [0.3, 0.4) is 0 Å². The van der Waals surface area contributed by atoms with Crippen molar-refractivity contribution in [2.75, 3.05) is 18.8 Å². The van der Waals surface area contributed by atoms with Gasteiger partial charge >= 0.3 is 0 Å². The molecule has 0 saturated carbocycles. The van der Waals surface area contributed by atoms with Crippen LogP contribution in [0.15, 0.2) is 30.3 Å². The van der Waals surface area contributed by atoms with Crippen molar-refractivity contribution < 1.29 is 13.2 Å². The fraction of sp³-hybridized carbons (Fsp3) is 0.650. The molecule has 1 aliphatic rings. The van der Waals surface area contributed by atoms with Crippen LogP contribution >= 0.6 is 0 Å². The first-order valence-electron chi connectivity index (χ1n) is 9.61. The van der Waals surface area contributed by atoms with E-state index < -0.39 is 10.0 Å². The molecule has 0 aromatic heterocycles. The monoisotopic (exact) mass is 380 g/mol. The fourth-order valence-corrected chi connectivity index (χ4v) is 4.73. The summed E-state index contributed by atoms with van der Waals surface area (Å²) >= 11 is 0. The predicted molar refractivity (Wildman–Crippen MR) is 105 cm³/mol. The maximum atomic E-state index is 12.7. The van der Waals surface area contributed by atoms with Crippen LogP contribution in [-0.4, -0.2) is 43.5 Å². The lowest BCUT2D eigenvalue weighted by atomic mass is 9.97. The van der Waals surface area contributed by atoms with E-state index in [0.29, 0.717) is 25.4 Å². The lowest BCUT2D eigenvalue weighted by Gasteiger charge is -2.32. The summed E-state index contributed by atoms with van der Waals surface area (Å²) in [6.45, 7) is 6.95. The Morgan fingerprint density at radius 1 is 1.23 bits per heavy atom. The number of rotatable bonds is 8. The quantitative estimate of drug-likeness (QED) is 0.754. The van der Waals surface area contributed by atoms with Gasteiger partial charge in [0.25, 0.3) is 0 Å². The number of nitrogens with zero attached hydrogens (tertiary/aromatic N) is 1. The minimum atomic E-state index is -3.31. The number of benzene rings is 1. The average molecular weight is 381 g/mol. The van der Waals surface area contributed by atoms with Gasteiger partial charge < -0.3 is 5.32 Å². The molecule has 1 fully saturated rings. The Bertz CT molecular complexity index is 674. The number of hydrogen-bond donors (Lipinski definition) is 1. The van der Waals surface area contributed by atoms with E-state index in [-0.39, 0.29) is 23.6 Å².